The summed E-state index contributed by atoms with van der Waals surface area (Å²) in [7, 11) is 0. The summed E-state index contributed by atoms with van der Waals surface area (Å²) >= 11 is 3.28. The highest BCUT2D eigenvalue weighted by Crippen LogP contribution is 2.28. The third-order valence-electron chi connectivity index (χ3n) is 4.29. The van der Waals surface area contributed by atoms with Gasteiger partial charge in [-0.05, 0) is 30.2 Å². The number of amides is 1. The number of aromatic nitrogens is 1. The Labute approximate surface area is 139 Å². The summed E-state index contributed by atoms with van der Waals surface area (Å²) in [6.45, 7) is 3.56. The monoisotopic (exact) mass is 335 g/mol. The molecule has 1 fully saturated rings. The molecule has 0 saturated carbocycles. The molecule has 0 aromatic carbocycles. The lowest BCUT2D eigenvalue weighted by Crippen LogP contribution is -2.51. The van der Waals surface area contributed by atoms with E-state index in [1.807, 2.05) is 21.7 Å². The molecule has 1 aliphatic heterocycles. The van der Waals surface area contributed by atoms with E-state index in [9.17, 15) is 4.79 Å². The molecule has 3 heterocycles. The number of thiazole rings is 1. The lowest BCUT2D eigenvalue weighted by Gasteiger charge is -2.39. The van der Waals surface area contributed by atoms with Crippen molar-refractivity contribution in [2.24, 2.45) is 11.7 Å². The molecule has 22 heavy (non-hydrogen) atoms. The molecule has 1 saturated heterocycles. The van der Waals surface area contributed by atoms with Gasteiger partial charge in [-0.25, -0.2) is 4.98 Å². The summed E-state index contributed by atoms with van der Waals surface area (Å²) in [5, 5.41) is 5.04. The zero-order valence-electron chi connectivity index (χ0n) is 12.7. The number of piperidine rings is 1. The predicted molar refractivity (Wildman–Crippen MR) is 92.1 cm³/mol. The Hall–Kier alpha value is -1.24. The largest absolute Gasteiger partial charge is 0.338 e. The summed E-state index contributed by atoms with van der Waals surface area (Å²) < 4.78 is 0. The molecule has 0 spiro atoms. The molecule has 6 heteroatoms. The first kappa shape index (κ1) is 15.6. The minimum atomic E-state index is 0.157. The standard InChI is InChI=1S/C16H21N3OS2/c1-11-4-2-6-19(13(11)9-17)15(20)8-12-10-22-16(18-12)14-5-3-7-21-14/h3,5,7,10-11,13H,2,4,6,8-9,17H2,1H3/t11-,13+/m1/s1. The maximum atomic E-state index is 12.6. The van der Waals surface area contributed by atoms with Crippen molar-refractivity contribution < 1.29 is 4.79 Å². The highest BCUT2D eigenvalue weighted by atomic mass is 32.1. The van der Waals surface area contributed by atoms with Crippen molar-refractivity contribution in [3.8, 4) is 9.88 Å². The zero-order chi connectivity index (χ0) is 15.5. The van der Waals surface area contributed by atoms with Crippen LogP contribution in [-0.2, 0) is 11.2 Å². The normalized spacial score (nSPS) is 22.0. The zero-order valence-corrected chi connectivity index (χ0v) is 14.3. The molecular weight excluding hydrogens is 314 g/mol. The van der Waals surface area contributed by atoms with E-state index in [-0.39, 0.29) is 11.9 Å². The van der Waals surface area contributed by atoms with E-state index in [1.54, 1.807) is 22.7 Å². The fourth-order valence-electron chi connectivity index (χ4n) is 3.08. The molecule has 2 aromatic rings. The number of nitrogens with zero attached hydrogens (tertiary/aromatic N) is 2. The van der Waals surface area contributed by atoms with Gasteiger partial charge in [0.1, 0.15) is 5.01 Å². The van der Waals surface area contributed by atoms with Crippen LogP contribution in [0.25, 0.3) is 9.88 Å². The van der Waals surface area contributed by atoms with Crippen LogP contribution in [0.2, 0.25) is 0 Å². The van der Waals surface area contributed by atoms with E-state index < -0.39 is 0 Å². The molecule has 0 aliphatic carbocycles. The number of nitrogens with two attached hydrogens (primary N) is 1. The van der Waals surface area contributed by atoms with Crippen LogP contribution in [0.4, 0.5) is 0 Å². The molecule has 2 aromatic heterocycles. The Morgan fingerprint density at radius 2 is 2.36 bits per heavy atom. The Bertz CT molecular complexity index is 623. The van der Waals surface area contributed by atoms with Crippen molar-refractivity contribution in [2.45, 2.75) is 32.2 Å². The molecule has 2 atom stereocenters. The van der Waals surface area contributed by atoms with Gasteiger partial charge in [-0.1, -0.05) is 13.0 Å². The number of thiophene rings is 1. The number of carbonyl (C=O) groups is 1. The van der Waals surface area contributed by atoms with Crippen molar-refractivity contribution in [3.63, 3.8) is 0 Å². The van der Waals surface area contributed by atoms with Crippen molar-refractivity contribution >= 4 is 28.6 Å². The second-order valence-electron chi connectivity index (χ2n) is 5.81. The summed E-state index contributed by atoms with van der Waals surface area (Å²) in [6.07, 6.45) is 2.61. The third kappa shape index (κ3) is 3.24. The van der Waals surface area contributed by atoms with Crippen LogP contribution < -0.4 is 5.73 Å². The van der Waals surface area contributed by atoms with Crippen LogP contribution in [-0.4, -0.2) is 34.9 Å². The van der Waals surface area contributed by atoms with Crippen molar-refractivity contribution in [2.75, 3.05) is 13.1 Å². The van der Waals surface area contributed by atoms with Crippen molar-refractivity contribution in [1.82, 2.24) is 9.88 Å². The molecule has 1 amide bonds. The molecule has 2 N–H and O–H groups in total. The van der Waals surface area contributed by atoms with Crippen LogP contribution in [0.3, 0.4) is 0 Å². The van der Waals surface area contributed by atoms with Gasteiger partial charge in [0.2, 0.25) is 5.91 Å². The maximum Gasteiger partial charge on any atom is 0.228 e. The van der Waals surface area contributed by atoms with Gasteiger partial charge in [0, 0.05) is 24.5 Å². The Morgan fingerprint density at radius 1 is 1.50 bits per heavy atom. The smallest absolute Gasteiger partial charge is 0.228 e. The second kappa shape index (κ2) is 6.89. The molecule has 0 unspecified atom stereocenters. The predicted octanol–water partition coefficient (Wildman–Crippen LogP) is 3.00. The first-order valence-corrected chi connectivity index (χ1v) is 9.42. The van der Waals surface area contributed by atoms with Crippen LogP contribution in [0.15, 0.2) is 22.9 Å². The fourth-order valence-corrected chi connectivity index (χ4v) is 4.71. The highest BCUT2D eigenvalue weighted by molar-refractivity contribution is 7.20. The number of hydrogen-bond donors (Lipinski definition) is 1. The minimum Gasteiger partial charge on any atom is -0.338 e. The van der Waals surface area contributed by atoms with E-state index in [4.69, 9.17) is 5.73 Å². The minimum absolute atomic E-state index is 0.157. The van der Waals surface area contributed by atoms with Gasteiger partial charge in [-0.2, -0.15) is 0 Å². The Balaban J connectivity index is 1.69. The van der Waals surface area contributed by atoms with Crippen LogP contribution in [0, 0.1) is 5.92 Å². The number of rotatable bonds is 4. The number of hydrogen-bond acceptors (Lipinski definition) is 5. The topological polar surface area (TPSA) is 59.2 Å². The summed E-state index contributed by atoms with van der Waals surface area (Å²) in [4.78, 5) is 20.4. The van der Waals surface area contributed by atoms with E-state index in [1.165, 1.54) is 0 Å². The lowest BCUT2D eigenvalue weighted by atomic mass is 9.90. The Kier molecular flexibility index (Phi) is 4.90. The fraction of sp³-hybridized carbons (Fsp3) is 0.500. The van der Waals surface area contributed by atoms with Crippen LogP contribution in [0.5, 0.6) is 0 Å². The molecule has 0 bridgehead atoms. The van der Waals surface area contributed by atoms with Gasteiger partial charge in [0.25, 0.3) is 0 Å². The van der Waals surface area contributed by atoms with E-state index >= 15 is 0 Å². The average Bonchev–Trinajstić information content (AvgIpc) is 3.17. The SMILES string of the molecule is C[C@@H]1CCCN(C(=O)Cc2csc(-c3cccs3)n2)[C@H]1CN. The maximum absolute atomic E-state index is 12.6. The van der Waals surface area contributed by atoms with E-state index in [2.05, 4.69) is 18.0 Å². The van der Waals surface area contributed by atoms with Crippen molar-refractivity contribution in [3.05, 3.63) is 28.6 Å². The molecule has 0 radical (unpaired) electrons. The Morgan fingerprint density at radius 3 is 3.09 bits per heavy atom. The first-order chi connectivity index (χ1) is 10.7. The summed E-state index contributed by atoms with van der Waals surface area (Å²) in [5.41, 5.74) is 6.75. The lowest BCUT2D eigenvalue weighted by molar-refractivity contribution is -0.135. The molecule has 3 rings (SSSR count). The first-order valence-electron chi connectivity index (χ1n) is 7.67. The third-order valence-corrected chi connectivity index (χ3v) is 6.22. The van der Waals surface area contributed by atoms with Crippen molar-refractivity contribution in [1.29, 1.82) is 0 Å². The van der Waals surface area contributed by atoms with E-state index in [0.717, 1.165) is 35.0 Å². The van der Waals surface area contributed by atoms with E-state index in [0.29, 0.717) is 18.9 Å². The van der Waals surface area contributed by atoms with Crippen LogP contribution in [0.1, 0.15) is 25.5 Å². The summed E-state index contributed by atoms with van der Waals surface area (Å²) in [5.74, 6) is 0.643. The number of likely N-dealkylation sites (tertiary alicyclic amines) is 1. The van der Waals surface area contributed by atoms with Gasteiger partial charge in [0.05, 0.1) is 17.0 Å². The van der Waals surface area contributed by atoms with Gasteiger partial charge in [-0.15, -0.1) is 22.7 Å². The van der Waals surface area contributed by atoms with Gasteiger partial charge in [-0.3, -0.25) is 4.79 Å². The molecule has 4 nitrogen and oxygen atoms in total. The van der Waals surface area contributed by atoms with Gasteiger partial charge < -0.3 is 10.6 Å². The second-order valence-corrected chi connectivity index (χ2v) is 7.61. The van der Waals surface area contributed by atoms with Gasteiger partial charge in [0.15, 0.2) is 0 Å². The quantitative estimate of drug-likeness (QED) is 0.934. The average molecular weight is 335 g/mol. The van der Waals surface area contributed by atoms with Crippen LogP contribution >= 0.6 is 22.7 Å². The number of carbonyl (C=O) groups excluding carboxylic acids is 1. The molecular formula is C16H21N3OS2. The highest BCUT2D eigenvalue weighted by Gasteiger charge is 2.30. The molecule has 1 aliphatic rings. The van der Waals surface area contributed by atoms with Gasteiger partial charge >= 0.3 is 0 Å². The molecule has 118 valence electrons. The summed E-state index contributed by atoms with van der Waals surface area (Å²) in [6, 6.07) is 4.26.